The van der Waals surface area contributed by atoms with Crippen molar-refractivity contribution in [2.45, 2.75) is 57.7 Å². The van der Waals surface area contributed by atoms with E-state index in [4.69, 9.17) is 4.74 Å². The van der Waals surface area contributed by atoms with Gasteiger partial charge >= 0.3 is 0 Å². The molecule has 2 rings (SSSR count). The molecule has 108 valence electrons. The molecule has 0 spiro atoms. The molecule has 1 saturated heterocycles. The molecule has 2 atom stereocenters. The standard InChI is InChI=1S/C14H24N2O3/c1-5-10-12(17)15-11(9-6-7-9)13(18)16(10)8-14(2,3)19-4/h9-11H,5-8H2,1-4H3,(H,15,17). The van der Waals surface area contributed by atoms with E-state index in [1.165, 1.54) is 0 Å². The summed E-state index contributed by atoms with van der Waals surface area (Å²) in [7, 11) is 1.63. The number of nitrogens with zero attached hydrogens (tertiary/aromatic N) is 1. The first kappa shape index (κ1) is 14.3. The van der Waals surface area contributed by atoms with Crippen molar-refractivity contribution in [3.05, 3.63) is 0 Å². The second-order valence-corrected chi connectivity index (χ2v) is 6.18. The van der Waals surface area contributed by atoms with Crippen molar-refractivity contribution in [3.63, 3.8) is 0 Å². The summed E-state index contributed by atoms with van der Waals surface area (Å²) in [5.41, 5.74) is -0.436. The Labute approximate surface area is 114 Å². The normalized spacial score (nSPS) is 28.5. The first-order chi connectivity index (χ1) is 8.89. The van der Waals surface area contributed by atoms with Crippen LogP contribution in [0.2, 0.25) is 0 Å². The molecule has 1 aliphatic carbocycles. The van der Waals surface area contributed by atoms with Crippen molar-refractivity contribution in [2.75, 3.05) is 13.7 Å². The van der Waals surface area contributed by atoms with Gasteiger partial charge in [0.1, 0.15) is 12.1 Å². The molecular weight excluding hydrogens is 244 g/mol. The van der Waals surface area contributed by atoms with Gasteiger partial charge in [0, 0.05) is 7.11 Å². The second-order valence-electron chi connectivity index (χ2n) is 6.18. The van der Waals surface area contributed by atoms with Crippen LogP contribution in [0.15, 0.2) is 0 Å². The molecule has 2 aliphatic rings. The van der Waals surface area contributed by atoms with Crippen LogP contribution in [0.5, 0.6) is 0 Å². The number of carbonyl (C=O) groups is 2. The number of nitrogens with one attached hydrogen (secondary N) is 1. The Morgan fingerprint density at radius 3 is 2.47 bits per heavy atom. The van der Waals surface area contributed by atoms with Crippen LogP contribution in [0.3, 0.4) is 0 Å². The van der Waals surface area contributed by atoms with E-state index in [1.807, 2.05) is 20.8 Å². The minimum Gasteiger partial charge on any atom is -0.377 e. The highest BCUT2D eigenvalue weighted by Crippen LogP contribution is 2.35. The summed E-state index contributed by atoms with van der Waals surface area (Å²) < 4.78 is 5.40. The fraction of sp³-hybridized carbons (Fsp3) is 0.857. The molecule has 5 heteroatoms. The number of ether oxygens (including phenoxy) is 1. The Bertz CT molecular complexity index is 377. The van der Waals surface area contributed by atoms with Gasteiger partial charge in [-0.25, -0.2) is 0 Å². The summed E-state index contributed by atoms with van der Waals surface area (Å²) in [5.74, 6) is 0.368. The molecule has 5 nitrogen and oxygen atoms in total. The molecular formula is C14H24N2O3. The highest BCUT2D eigenvalue weighted by Gasteiger charge is 2.47. The van der Waals surface area contributed by atoms with E-state index in [-0.39, 0.29) is 23.9 Å². The predicted octanol–water partition coefficient (Wildman–Crippen LogP) is 0.927. The van der Waals surface area contributed by atoms with Crippen LogP contribution in [-0.2, 0) is 14.3 Å². The summed E-state index contributed by atoms with van der Waals surface area (Å²) in [6.45, 7) is 6.26. The zero-order chi connectivity index (χ0) is 14.2. The van der Waals surface area contributed by atoms with Crippen molar-refractivity contribution >= 4 is 11.8 Å². The highest BCUT2D eigenvalue weighted by molar-refractivity contribution is 5.97. The van der Waals surface area contributed by atoms with Crippen LogP contribution >= 0.6 is 0 Å². The molecule has 0 aromatic carbocycles. The van der Waals surface area contributed by atoms with Crippen molar-refractivity contribution in [1.82, 2.24) is 10.2 Å². The Morgan fingerprint density at radius 1 is 1.37 bits per heavy atom. The lowest BCUT2D eigenvalue weighted by Crippen LogP contribution is -2.65. The average Bonchev–Trinajstić information content (AvgIpc) is 3.17. The number of hydrogen-bond donors (Lipinski definition) is 1. The van der Waals surface area contributed by atoms with Gasteiger partial charge in [0.2, 0.25) is 11.8 Å². The Morgan fingerprint density at radius 2 is 2.00 bits per heavy atom. The zero-order valence-electron chi connectivity index (χ0n) is 12.2. The fourth-order valence-electron chi connectivity index (χ4n) is 2.60. The molecule has 0 radical (unpaired) electrons. The molecule has 1 heterocycles. The van der Waals surface area contributed by atoms with Crippen LogP contribution in [0.25, 0.3) is 0 Å². The van der Waals surface area contributed by atoms with Crippen molar-refractivity contribution in [2.24, 2.45) is 5.92 Å². The Kier molecular flexibility index (Phi) is 3.85. The molecule has 0 aromatic heterocycles. The van der Waals surface area contributed by atoms with Gasteiger partial charge < -0.3 is 15.0 Å². The summed E-state index contributed by atoms with van der Waals surface area (Å²) in [5, 5.41) is 2.89. The van der Waals surface area contributed by atoms with Gasteiger partial charge in [-0.15, -0.1) is 0 Å². The summed E-state index contributed by atoms with van der Waals surface area (Å²) in [6, 6.07) is -0.681. The number of methoxy groups -OCH3 is 1. The fourth-order valence-corrected chi connectivity index (χ4v) is 2.60. The maximum Gasteiger partial charge on any atom is 0.246 e. The summed E-state index contributed by atoms with van der Waals surface area (Å²) in [6.07, 6.45) is 2.71. The topological polar surface area (TPSA) is 58.6 Å². The zero-order valence-corrected chi connectivity index (χ0v) is 12.2. The summed E-state index contributed by atoms with van der Waals surface area (Å²) >= 11 is 0. The minimum absolute atomic E-state index is 0.0223. The van der Waals surface area contributed by atoms with E-state index in [0.717, 1.165) is 12.8 Å². The van der Waals surface area contributed by atoms with Crippen LogP contribution in [0, 0.1) is 5.92 Å². The van der Waals surface area contributed by atoms with Gasteiger partial charge in [-0.05, 0) is 39.0 Å². The van der Waals surface area contributed by atoms with Gasteiger partial charge in [-0.1, -0.05) is 6.92 Å². The lowest BCUT2D eigenvalue weighted by molar-refractivity contribution is -0.154. The van der Waals surface area contributed by atoms with Crippen molar-refractivity contribution in [1.29, 1.82) is 0 Å². The molecule has 0 bridgehead atoms. The van der Waals surface area contributed by atoms with Crippen molar-refractivity contribution in [3.8, 4) is 0 Å². The first-order valence-corrected chi connectivity index (χ1v) is 7.05. The lowest BCUT2D eigenvalue weighted by atomic mass is 9.99. The van der Waals surface area contributed by atoms with E-state index >= 15 is 0 Å². The van der Waals surface area contributed by atoms with Gasteiger partial charge in [0.05, 0.1) is 12.1 Å². The maximum atomic E-state index is 12.6. The number of rotatable bonds is 5. The Balaban J connectivity index is 2.18. The quantitative estimate of drug-likeness (QED) is 0.807. The van der Waals surface area contributed by atoms with Gasteiger partial charge in [0.15, 0.2) is 0 Å². The van der Waals surface area contributed by atoms with E-state index in [0.29, 0.717) is 18.9 Å². The van der Waals surface area contributed by atoms with E-state index in [2.05, 4.69) is 5.32 Å². The van der Waals surface area contributed by atoms with Crippen LogP contribution in [0.4, 0.5) is 0 Å². The monoisotopic (exact) mass is 268 g/mol. The first-order valence-electron chi connectivity index (χ1n) is 7.05. The molecule has 19 heavy (non-hydrogen) atoms. The van der Waals surface area contributed by atoms with E-state index in [9.17, 15) is 9.59 Å². The smallest absolute Gasteiger partial charge is 0.246 e. The second kappa shape index (κ2) is 5.12. The molecule has 1 saturated carbocycles. The minimum atomic E-state index is -0.436. The number of hydrogen-bond acceptors (Lipinski definition) is 3. The Hall–Kier alpha value is -1.10. The lowest BCUT2D eigenvalue weighted by Gasteiger charge is -2.42. The predicted molar refractivity (Wildman–Crippen MR) is 71.5 cm³/mol. The third-order valence-corrected chi connectivity index (χ3v) is 4.11. The highest BCUT2D eigenvalue weighted by atomic mass is 16.5. The average molecular weight is 268 g/mol. The molecule has 1 aliphatic heterocycles. The molecule has 2 fully saturated rings. The number of amides is 2. The largest absolute Gasteiger partial charge is 0.377 e. The van der Waals surface area contributed by atoms with Gasteiger partial charge in [-0.2, -0.15) is 0 Å². The maximum absolute atomic E-state index is 12.6. The molecule has 1 N–H and O–H groups in total. The van der Waals surface area contributed by atoms with Crippen molar-refractivity contribution < 1.29 is 14.3 Å². The molecule has 2 amide bonds. The number of carbonyl (C=O) groups excluding carboxylic acids is 2. The molecule has 0 aromatic rings. The van der Waals surface area contributed by atoms with Gasteiger partial charge in [-0.3, -0.25) is 9.59 Å². The van der Waals surface area contributed by atoms with E-state index < -0.39 is 5.60 Å². The SMILES string of the molecule is CCC1C(=O)NC(C2CC2)C(=O)N1CC(C)(C)OC. The van der Waals surface area contributed by atoms with Crippen LogP contribution < -0.4 is 5.32 Å². The van der Waals surface area contributed by atoms with Gasteiger partial charge in [0.25, 0.3) is 0 Å². The number of piperazine rings is 1. The van der Waals surface area contributed by atoms with E-state index in [1.54, 1.807) is 12.0 Å². The molecule has 2 unspecified atom stereocenters. The third kappa shape index (κ3) is 2.91. The van der Waals surface area contributed by atoms with Crippen LogP contribution in [0.1, 0.15) is 40.0 Å². The van der Waals surface area contributed by atoms with Crippen LogP contribution in [-0.4, -0.2) is 48.1 Å². The third-order valence-electron chi connectivity index (χ3n) is 4.11. The summed E-state index contributed by atoms with van der Waals surface area (Å²) in [4.78, 5) is 26.4.